The number of rotatable bonds is 4. The lowest BCUT2D eigenvalue weighted by molar-refractivity contribution is -0.132. The number of carbonyl (C=O) groups is 1. The first kappa shape index (κ1) is 17.9. The molecular weight excluding hydrogens is 346 g/mol. The van der Waals surface area contributed by atoms with E-state index in [9.17, 15) is 14.7 Å². The predicted molar refractivity (Wildman–Crippen MR) is 97.9 cm³/mol. The summed E-state index contributed by atoms with van der Waals surface area (Å²) in [6.45, 7) is 5.36. The van der Waals surface area contributed by atoms with Crippen LogP contribution in [0.5, 0.6) is 0 Å². The van der Waals surface area contributed by atoms with Crippen LogP contribution >= 0.6 is 0 Å². The molecule has 2 aliphatic rings. The highest BCUT2D eigenvalue weighted by molar-refractivity contribution is 5.75. The van der Waals surface area contributed by atoms with Crippen LogP contribution in [-0.4, -0.2) is 42.0 Å². The second-order valence-electron chi connectivity index (χ2n) is 7.64. The zero-order chi connectivity index (χ0) is 19.1. The lowest BCUT2D eigenvalue weighted by atomic mass is 10.1. The maximum Gasteiger partial charge on any atom is 0.267 e. The first-order valence-electron chi connectivity index (χ1n) is 9.50. The Morgan fingerprint density at radius 1 is 1.26 bits per heavy atom. The van der Waals surface area contributed by atoms with Gasteiger partial charge in [-0.25, -0.2) is 4.68 Å². The number of hydrogen-bond acceptors (Lipinski definition) is 5. The molecule has 0 spiro atoms. The minimum atomic E-state index is -0.508. The van der Waals surface area contributed by atoms with Crippen LogP contribution in [0.3, 0.4) is 0 Å². The first-order valence-corrected chi connectivity index (χ1v) is 9.50. The Balaban J connectivity index is 1.50. The number of carbonyl (C=O) groups excluding carboxylic acids is 1. The molecule has 1 N–H and O–H groups in total. The van der Waals surface area contributed by atoms with E-state index in [4.69, 9.17) is 0 Å². The van der Waals surface area contributed by atoms with E-state index in [1.54, 1.807) is 4.90 Å². The molecule has 0 saturated heterocycles. The molecule has 0 unspecified atom stereocenters. The molecule has 0 bridgehead atoms. The van der Waals surface area contributed by atoms with Crippen molar-refractivity contribution in [2.24, 2.45) is 5.92 Å². The van der Waals surface area contributed by atoms with Gasteiger partial charge in [0.25, 0.3) is 5.56 Å². The van der Waals surface area contributed by atoms with Gasteiger partial charge in [0.05, 0.1) is 23.6 Å². The summed E-state index contributed by atoms with van der Waals surface area (Å²) < 4.78 is 3.13. The number of aliphatic hydroxyl groups excluding tert-OH is 1. The summed E-state index contributed by atoms with van der Waals surface area (Å²) in [5.41, 5.74) is 2.94. The molecule has 1 aliphatic carbocycles. The van der Waals surface area contributed by atoms with Crippen LogP contribution in [-0.2, 0) is 24.4 Å². The molecule has 3 heterocycles. The van der Waals surface area contributed by atoms with Gasteiger partial charge >= 0.3 is 0 Å². The fraction of sp³-hybridized carbons (Fsp3) is 0.579. The minimum Gasteiger partial charge on any atom is -0.386 e. The van der Waals surface area contributed by atoms with Gasteiger partial charge in [-0.1, -0.05) is 0 Å². The Bertz CT molecular complexity index is 928. The van der Waals surface area contributed by atoms with E-state index < -0.39 is 6.10 Å². The number of aliphatic hydroxyl groups is 1. The third kappa shape index (κ3) is 3.66. The average Bonchev–Trinajstić information content (AvgIpc) is 3.43. The van der Waals surface area contributed by atoms with Gasteiger partial charge in [-0.15, -0.1) is 0 Å². The fourth-order valence-corrected chi connectivity index (χ4v) is 3.51. The number of nitrogens with zero attached hydrogens (tertiary/aromatic N) is 5. The van der Waals surface area contributed by atoms with E-state index in [-0.39, 0.29) is 18.0 Å². The molecule has 1 amide bonds. The average molecular weight is 371 g/mol. The first-order chi connectivity index (χ1) is 12.9. The highest BCUT2D eigenvalue weighted by atomic mass is 16.3. The second-order valence-corrected chi connectivity index (χ2v) is 7.64. The Morgan fingerprint density at radius 3 is 2.78 bits per heavy atom. The minimum absolute atomic E-state index is 0.0638. The quantitative estimate of drug-likeness (QED) is 0.863. The maximum atomic E-state index is 12.8. The topological polar surface area (TPSA) is 93.2 Å². The zero-order valence-corrected chi connectivity index (χ0v) is 15.8. The summed E-state index contributed by atoms with van der Waals surface area (Å²) in [6, 6.07) is 3.42. The van der Waals surface area contributed by atoms with E-state index in [1.807, 2.05) is 24.6 Å². The van der Waals surface area contributed by atoms with Crippen molar-refractivity contribution in [3.8, 4) is 0 Å². The largest absolute Gasteiger partial charge is 0.386 e. The van der Waals surface area contributed by atoms with Crippen molar-refractivity contribution in [3.63, 3.8) is 0 Å². The highest BCUT2D eigenvalue weighted by Gasteiger charge is 2.33. The van der Waals surface area contributed by atoms with Crippen molar-refractivity contribution in [3.05, 3.63) is 45.1 Å². The molecule has 2 aromatic rings. The molecular formula is C19H25N5O3. The van der Waals surface area contributed by atoms with Crippen molar-refractivity contribution in [2.75, 3.05) is 6.54 Å². The molecule has 1 atom stereocenters. The molecule has 1 saturated carbocycles. The van der Waals surface area contributed by atoms with Gasteiger partial charge in [0.2, 0.25) is 5.91 Å². The van der Waals surface area contributed by atoms with E-state index in [1.165, 1.54) is 10.7 Å². The molecule has 8 heteroatoms. The van der Waals surface area contributed by atoms with Gasteiger partial charge in [0.1, 0.15) is 12.6 Å². The molecule has 8 nitrogen and oxygen atoms in total. The third-order valence-corrected chi connectivity index (χ3v) is 5.48. The van der Waals surface area contributed by atoms with Crippen LogP contribution in [0.25, 0.3) is 0 Å². The molecule has 1 aliphatic heterocycles. The monoisotopic (exact) mass is 371 g/mol. The summed E-state index contributed by atoms with van der Waals surface area (Å²) in [7, 11) is 0. The smallest absolute Gasteiger partial charge is 0.267 e. The van der Waals surface area contributed by atoms with Crippen LogP contribution in [0.15, 0.2) is 16.9 Å². The van der Waals surface area contributed by atoms with Crippen molar-refractivity contribution < 1.29 is 9.90 Å². The molecule has 1 fully saturated rings. The summed E-state index contributed by atoms with van der Waals surface area (Å²) >= 11 is 0. The van der Waals surface area contributed by atoms with E-state index in [0.717, 1.165) is 42.8 Å². The number of amides is 1. The number of hydrogen-bond donors (Lipinski definition) is 1. The van der Waals surface area contributed by atoms with Crippen LogP contribution in [0, 0.1) is 19.8 Å². The number of aryl methyl sites for hydroxylation is 3. The summed E-state index contributed by atoms with van der Waals surface area (Å²) in [5.74, 6) is 0.191. The van der Waals surface area contributed by atoms with Crippen molar-refractivity contribution in [1.29, 1.82) is 0 Å². The molecule has 144 valence electrons. The third-order valence-electron chi connectivity index (χ3n) is 5.48. The SMILES string of the molecule is Cc1cc(=O)n(CC(=O)N2CCCn3nc([C@@H](O)C4CC4)cc3C2)nc1C. The molecule has 27 heavy (non-hydrogen) atoms. The summed E-state index contributed by atoms with van der Waals surface area (Å²) in [4.78, 5) is 26.6. The standard InChI is InChI=1S/C19H25N5O3/c1-12-8-17(25)24(20-13(12)2)11-18(26)22-6-3-7-23-15(10-22)9-16(21-23)19(27)14-4-5-14/h8-9,14,19,27H,3-7,10-11H2,1-2H3/t19-/m0/s1. The molecule has 4 rings (SSSR count). The fourth-order valence-electron chi connectivity index (χ4n) is 3.51. The lowest BCUT2D eigenvalue weighted by Crippen LogP contribution is -2.37. The van der Waals surface area contributed by atoms with Crippen molar-refractivity contribution in [2.45, 2.75) is 58.8 Å². The lowest BCUT2D eigenvalue weighted by Gasteiger charge is -2.20. The zero-order valence-electron chi connectivity index (χ0n) is 15.8. The predicted octanol–water partition coefficient (Wildman–Crippen LogP) is 0.933. The number of fused-ring (bicyclic) bond motifs is 1. The van der Waals surface area contributed by atoms with E-state index >= 15 is 0 Å². The van der Waals surface area contributed by atoms with Gasteiger partial charge in [-0.3, -0.25) is 14.3 Å². The Kier molecular flexibility index (Phi) is 4.59. The summed E-state index contributed by atoms with van der Waals surface area (Å²) in [6.07, 6.45) is 2.37. The van der Waals surface area contributed by atoms with Gasteiger partial charge in [0, 0.05) is 19.2 Å². The van der Waals surface area contributed by atoms with Crippen molar-refractivity contribution >= 4 is 5.91 Å². The van der Waals surface area contributed by atoms with E-state index in [0.29, 0.717) is 24.7 Å². The Labute approximate surface area is 157 Å². The van der Waals surface area contributed by atoms with Gasteiger partial charge < -0.3 is 10.0 Å². The van der Waals surface area contributed by atoms with E-state index in [2.05, 4.69) is 10.2 Å². The highest BCUT2D eigenvalue weighted by Crippen LogP contribution is 2.40. The van der Waals surface area contributed by atoms with Gasteiger partial charge in [0.15, 0.2) is 0 Å². The van der Waals surface area contributed by atoms with Crippen LogP contribution < -0.4 is 5.56 Å². The normalized spacial score (nSPS) is 18.1. The Morgan fingerprint density at radius 2 is 2.04 bits per heavy atom. The van der Waals surface area contributed by atoms with Gasteiger partial charge in [-0.2, -0.15) is 10.2 Å². The summed E-state index contributed by atoms with van der Waals surface area (Å²) in [5, 5.41) is 19.1. The molecule has 0 radical (unpaired) electrons. The Hall–Kier alpha value is -2.48. The van der Waals surface area contributed by atoms with Crippen LogP contribution in [0.1, 0.15) is 48.0 Å². The molecule has 0 aromatic carbocycles. The number of aromatic nitrogens is 4. The second kappa shape index (κ2) is 6.92. The molecule has 2 aromatic heterocycles. The maximum absolute atomic E-state index is 12.8. The van der Waals surface area contributed by atoms with Gasteiger partial charge in [-0.05, 0) is 50.7 Å². The van der Waals surface area contributed by atoms with Crippen LogP contribution in [0.4, 0.5) is 0 Å². The van der Waals surface area contributed by atoms with Crippen molar-refractivity contribution in [1.82, 2.24) is 24.5 Å². The van der Waals surface area contributed by atoms with Crippen LogP contribution in [0.2, 0.25) is 0 Å².